The number of hydrogen-bond acceptors (Lipinski definition) is 4. The summed E-state index contributed by atoms with van der Waals surface area (Å²) in [6.45, 7) is 0. The lowest BCUT2D eigenvalue weighted by atomic mass is 11.0. The Hall–Kier alpha value is 0.0600. The van der Waals surface area contributed by atoms with Crippen molar-refractivity contribution in [2.45, 2.75) is 0 Å². The van der Waals surface area contributed by atoms with Crippen LogP contribution >= 0.6 is 0 Å². The van der Waals surface area contributed by atoms with Crippen LogP contribution in [0.15, 0.2) is 0 Å². The molecule has 0 saturated carbocycles. The molecule has 1 unspecified atom stereocenters. The lowest BCUT2D eigenvalue weighted by Crippen LogP contribution is -2.10. The van der Waals surface area contributed by atoms with Gasteiger partial charge in [0.1, 0.15) is 9.84 Å². The van der Waals surface area contributed by atoms with E-state index in [-0.39, 0.29) is 11.5 Å². The molecule has 0 aromatic carbocycles. The number of sulfone groups is 1. The van der Waals surface area contributed by atoms with Gasteiger partial charge in [0, 0.05) is 12.0 Å². The lowest BCUT2D eigenvalue weighted by molar-refractivity contribution is 0.537. The first-order chi connectivity index (χ1) is 3.92. The molecule has 9 heavy (non-hydrogen) atoms. The molecule has 0 aliphatic carbocycles. The monoisotopic (exact) mass is 171 g/mol. The van der Waals surface area contributed by atoms with Crippen LogP contribution in [0.2, 0.25) is 0 Å². The highest BCUT2D eigenvalue weighted by Gasteiger charge is 1.99. The molecule has 0 saturated heterocycles. The summed E-state index contributed by atoms with van der Waals surface area (Å²) in [5.41, 5.74) is 0. The topological polar surface area (TPSA) is 74.3 Å². The summed E-state index contributed by atoms with van der Waals surface area (Å²) in [6.07, 6.45) is 1.000. The Morgan fingerprint density at radius 1 is 1.56 bits per heavy atom. The highest BCUT2D eigenvalue weighted by molar-refractivity contribution is 7.91. The van der Waals surface area contributed by atoms with Crippen LogP contribution in [0, 0.1) is 0 Å². The van der Waals surface area contributed by atoms with Crippen molar-refractivity contribution in [3.63, 3.8) is 0 Å². The summed E-state index contributed by atoms with van der Waals surface area (Å²) < 4.78 is 40.1. The Labute approximate surface area is 56.5 Å². The SMILES string of the molecule is CS(=O)(=O)CCS(=O)[O-]. The summed E-state index contributed by atoms with van der Waals surface area (Å²) in [7, 11) is -3.11. The van der Waals surface area contributed by atoms with Gasteiger partial charge >= 0.3 is 0 Å². The Balaban J connectivity index is 3.67. The third kappa shape index (κ3) is 8.06. The average molecular weight is 171 g/mol. The molecule has 6 heteroatoms. The third-order valence-electron chi connectivity index (χ3n) is 0.621. The Morgan fingerprint density at radius 2 is 2.00 bits per heavy atom. The van der Waals surface area contributed by atoms with Crippen LogP contribution in [0.4, 0.5) is 0 Å². The van der Waals surface area contributed by atoms with Crippen molar-refractivity contribution in [3.05, 3.63) is 0 Å². The second kappa shape index (κ2) is 3.28. The van der Waals surface area contributed by atoms with Gasteiger partial charge in [-0.25, -0.2) is 8.42 Å². The molecule has 0 N–H and O–H groups in total. The van der Waals surface area contributed by atoms with Crippen LogP contribution in [-0.4, -0.2) is 34.9 Å². The summed E-state index contributed by atoms with van der Waals surface area (Å²) >= 11 is -2.24. The van der Waals surface area contributed by atoms with Crippen molar-refractivity contribution < 1.29 is 17.2 Å². The molecule has 0 amide bonds. The molecule has 4 nitrogen and oxygen atoms in total. The predicted octanol–water partition coefficient (Wildman–Crippen LogP) is -1.09. The van der Waals surface area contributed by atoms with E-state index in [4.69, 9.17) is 0 Å². The van der Waals surface area contributed by atoms with Gasteiger partial charge in [0.05, 0.1) is 5.75 Å². The van der Waals surface area contributed by atoms with Crippen molar-refractivity contribution in [2.75, 3.05) is 17.8 Å². The standard InChI is InChI=1S/C3H8O4S2/c1-9(6,7)3-2-8(4)5/h2-3H2,1H3,(H,4,5)/p-1. The zero-order valence-electron chi connectivity index (χ0n) is 4.86. The molecule has 0 aromatic heterocycles. The van der Waals surface area contributed by atoms with Crippen LogP contribution in [0.5, 0.6) is 0 Å². The zero-order valence-corrected chi connectivity index (χ0v) is 6.50. The van der Waals surface area contributed by atoms with Crippen molar-refractivity contribution in [1.82, 2.24) is 0 Å². The fraction of sp³-hybridized carbons (Fsp3) is 1.00. The van der Waals surface area contributed by atoms with Gasteiger partial charge in [0.2, 0.25) is 0 Å². The van der Waals surface area contributed by atoms with E-state index in [1.54, 1.807) is 0 Å². The first-order valence-corrected chi connectivity index (χ1v) is 5.46. The van der Waals surface area contributed by atoms with Crippen LogP contribution in [0.3, 0.4) is 0 Å². The molecule has 0 aromatic rings. The molecule has 0 heterocycles. The van der Waals surface area contributed by atoms with E-state index in [0.29, 0.717) is 0 Å². The van der Waals surface area contributed by atoms with Gasteiger partial charge in [-0.3, -0.25) is 4.21 Å². The molecule has 56 valence electrons. The van der Waals surface area contributed by atoms with Gasteiger partial charge in [-0.1, -0.05) is 11.1 Å². The van der Waals surface area contributed by atoms with Crippen LogP contribution in [0.1, 0.15) is 0 Å². The van der Waals surface area contributed by atoms with Gasteiger partial charge in [-0.2, -0.15) is 0 Å². The lowest BCUT2D eigenvalue weighted by Gasteiger charge is -2.01. The Kier molecular flexibility index (Phi) is 3.31. The highest BCUT2D eigenvalue weighted by atomic mass is 32.2. The molecular formula is C3H7O4S2-. The van der Waals surface area contributed by atoms with Gasteiger partial charge in [0.25, 0.3) is 0 Å². The Bertz CT molecular complexity index is 192. The highest BCUT2D eigenvalue weighted by Crippen LogP contribution is 1.83. The summed E-state index contributed by atoms with van der Waals surface area (Å²) in [5, 5.41) is 0. The first-order valence-electron chi connectivity index (χ1n) is 2.15. The van der Waals surface area contributed by atoms with Gasteiger partial charge in [-0.05, 0) is 0 Å². The van der Waals surface area contributed by atoms with Crippen molar-refractivity contribution in [2.24, 2.45) is 0 Å². The molecule has 0 bridgehead atoms. The van der Waals surface area contributed by atoms with Crippen LogP contribution in [0.25, 0.3) is 0 Å². The van der Waals surface area contributed by atoms with E-state index < -0.39 is 20.9 Å². The van der Waals surface area contributed by atoms with Crippen LogP contribution in [-0.2, 0) is 20.9 Å². The zero-order chi connectivity index (χ0) is 7.49. The summed E-state index contributed by atoms with van der Waals surface area (Å²) in [6, 6.07) is 0. The molecule has 0 spiro atoms. The van der Waals surface area contributed by atoms with E-state index in [1.807, 2.05) is 0 Å². The van der Waals surface area contributed by atoms with E-state index in [9.17, 15) is 17.2 Å². The average Bonchev–Trinajstić information content (AvgIpc) is 1.59. The van der Waals surface area contributed by atoms with Crippen LogP contribution < -0.4 is 0 Å². The molecule has 0 radical (unpaired) electrons. The minimum absolute atomic E-state index is 0.289. The second-order valence-electron chi connectivity index (χ2n) is 1.64. The predicted molar refractivity (Wildman–Crippen MR) is 33.5 cm³/mol. The Morgan fingerprint density at radius 3 is 2.11 bits per heavy atom. The summed E-state index contributed by atoms with van der Waals surface area (Å²) in [4.78, 5) is 0. The fourth-order valence-corrected chi connectivity index (χ4v) is 1.97. The fourth-order valence-electron chi connectivity index (χ4n) is 0.219. The third-order valence-corrected chi connectivity index (χ3v) is 2.36. The van der Waals surface area contributed by atoms with Crippen molar-refractivity contribution in [3.8, 4) is 0 Å². The molecular weight excluding hydrogens is 164 g/mol. The van der Waals surface area contributed by atoms with Gasteiger partial charge < -0.3 is 4.55 Å². The number of hydrogen-bond donors (Lipinski definition) is 0. The smallest absolute Gasteiger partial charge is 0.148 e. The number of rotatable bonds is 3. The van der Waals surface area contributed by atoms with E-state index in [0.717, 1.165) is 6.26 Å². The maximum absolute atomic E-state index is 10.3. The maximum Gasteiger partial charge on any atom is 0.148 e. The normalized spacial score (nSPS) is 15.3. The first kappa shape index (κ1) is 9.06. The molecule has 0 fully saturated rings. The van der Waals surface area contributed by atoms with Gasteiger partial charge in [0.15, 0.2) is 0 Å². The minimum atomic E-state index is -3.11. The van der Waals surface area contributed by atoms with E-state index >= 15 is 0 Å². The van der Waals surface area contributed by atoms with E-state index in [2.05, 4.69) is 0 Å². The summed E-state index contributed by atoms with van der Waals surface area (Å²) in [5.74, 6) is -0.595. The van der Waals surface area contributed by atoms with E-state index in [1.165, 1.54) is 0 Å². The van der Waals surface area contributed by atoms with Gasteiger partial charge in [-0.15, -0.1) is 0 Å². The quantitative estimate of drug-likeness (QED) is 0.506. The molecule has 0 aliphatic rings. The maximum atomic E-state index is 10.3. The second-order valence-corrected chi connectivity index (χ2v) is 4.91. The molecule has 0 rings (SSSR count). The van der Waals surface area contributed by atoms with Crippen molar-refractivity contribution in [1.29, 1.82) is 0 Å². The molecule has 0 aliphatic heterocycles. The minimum Gasteiger partial charge on any atom is -0.772 e. The largest absolute Gasteiger partial charge is 0.772 e. The molecule has 1 atom stereocenters. The van der Waals surface area contributed by atoms with Crippen molar-refractivity contribution >= 4 is 20.9 Å².